The van der Waals surface area contributed by atoms with Crippen molar-refractivity contribution >= 4 is 29.9 Å². The second-order valence-electron chi connectivity index (χ2n) is 6.30. The highest BCUT2D eigenvalue weighted by atomic mass is 127. The van der Waals surface area contributed by atoms with E-state index in [-0.39, 0.29) is 35.8 Å². The largest absolute Gasteiger partial charge is 0.508 e. The fraction of sp³-hybridized carbons (Fsp3) is 0.409. The highest BCUT2D eigenvalue weighted by molar-refractivity contribution is 14.0. The van der Waals surface area contributed by atoms with Gasteiger partial charge in [-0.2, -0.15) is 0 Å². The van der Waals surface area contributed by atoms with Crippen molar-refractivity contribution in [2.75, 3.05) is 19.8 Å². The molecule has 0 aliphatic rings. The predicted octanol–water partition coefficient (Wildman–Crippen LogP) is 4.62. The molecule has 0 aliphatic heterocycles. The number of halogens is 1. The number of aliphatic imine (C=N–C) groups is 1. The number of ether oxygens (including phenoxy) is 2. The Morgan fingerprint density at radius 3 is 2.41 bits per heavy atom. The van der Waals surface area contributed by atoms with Gasteiger partial charge in [-0.05, 0) is 63.1 Å². The van der Waals surface area contributed by atoms with Crippen molar-refractivity contribution in [3.05, 3.63) is 53.6 Å². The van der Waals surface area contributed by atoms with E-state index in [1.54, 1.807) is 12.1 Å². The molecule has 0 amide bonds. The van der Waals surface area contributed by atoms with Gasteiger partial charge in [0, 0.05) is 6.54 Å². The second-order valence-corrected chi connectivity index (χ2v) is 6.30. The first-order chi connectivity index (χ1) is 13.6. The molecule has 0 fully saturated rings. The van der Waals surface area contributed by atoms with Gasteiger partial charge in [0.2, 0.25) is 0 Å². The predicted molar refractivity (Wildman–Crippen MR) is 129 cm³/mol. The number of nitrogens with one attached hydrogen (secondary N) is 2. The summed E-state index contributed by atoms with van der Waals surface area (Å²) in [5.74, 6) is 2.46. The maximum absolute atomic E-state index is 9.60. The number of guanidine groups is 1. The first kappa shape index (κ1) is 24.9. The fourth-order valence-electron chi connectivity index (χ4n) is 2.77. The monoisotopic (exact) mass is 513 g/mol. The summed E-state index contributed by atoms with van der Waals surface area (Å²) in [5.41, 5.74) is 2.03. The highest BCUT2D eigenvalue weighted by Crippen LogP contribution is 2.30. The van der Waals surface area contributed by atoms with E-state index in [2.05, 4.69) is 22.5 Å². The third-order valence-electron chi connectivity index (χ3n) is 4.10. The number of phenolic OH excluding ortho intramolecular Hbond substituents is 1. The molecular formula is C22H32IN3O3. The Bertz CT molecular complexity index is 784. The lowest BCUT2D eigenvalue weighted by atomic mass is 10.1. The lowest BCUT2D eigenvalue weighted by Crippen LogP contribution is -2.38. The van der Waals surface area contributed by atoms with Gasteiger partial charge in [0.05, 0.1) is 25.8 Å². The van der Waals surface area contributed by atoms with E-state index < -0.39 is 0 Å². The Labute approximate surface area is 190 Å². The highest BCUT2D eigenvalue weighted by Gasteiger charge is 2.12. The molecule has 7 heteroatoms. The molecular weight excluding hydrogens is 481 g/mol. The summed E-state index contributed by atoms with van der Waals surface area (Å²) in [4.78, 5) is 4.62. The molecule has 6 nitrogen and oxygen atoms in total. The minimum atomic E-state index is 0. The van der Waals surface area contributed by atoms with Gasteiger partial charge in [-0.25, -0.2) is 4.99 Å². The lowest BCUT2D eigenvalue weighted by molar-refractivity contribution is 0.287. The number of phenols is 1. The summed E-state index contributed by atoms with van der Waals surface area (Å²) in [6.07, 6.45) is 0. The first-order valence-corrected chi connectivity index (χ1v) is 9.79. The fourth-order valence-corrected chi connectivity index (χ4v) is 2.77. The molecule has 2 aromatic rings. The molecule has 0 bridgehead atoms. The van der Waals surface area contributed by atoms with Crippen LogP contribution in [0.25, 0.3) is 0 Å². The minimum Gasteiger partial charge on any atom is -0.508 e. The molecule has 0 aromatic heterocycles. The lowest BCUT2D eigenvalue weighted by Gasteiger charge is -2.20. The Kier molecular flexibility index (Phi) is 11.3. The summed E-state index contributed by atoms with van der Waals surface area (Å²) < 4.78 is 11.4. The van der Waals surface area contributed by atoms with Gasteiger partial charge in [-0.1, -0.05) is 18.2 Å². The Morgan fingerprint density at radius 1 is 1.03 bits per heavy atom. The smallest absolute Gasteiger partial charge is 0.192 e. The molecule has 29 heavy (non-hydrogen) atoms. The second kappa shape index (κ2) is 13.1. The molecule has 0 radical (unpaired) electrons. The third kappa shape index (κ3) is 8.00. The summed E-state index contributed by atoms with van der Waals surface area (Å²) in [6, 6.07) is 13.1. The van der Waals surface area contributed by atoms with E-state index in [0.29, 0.717) is 25.7 Å². The third-order valence-corrected chi connectivity index (χ3v) is 4.10. The number of rotatable bonds is 9. The molecule has 0 saturated heterocycles. The maximum Gasteiger partial charge on any atom is 0.192 e. The molecule has 0 heterocycles. The van der Waals surface area contributed by atoms with Gasteiger partial charge in [0.1, 0.15) is 5.75 Å². The number of hydrogen-bond donors (Lipinski definition) is 3. The molecule has 0 saturated carbocycles. The summed E-state index contributed by atoms with van der Waals surface area (Å²) in [6.45, 7) is 10.4. The van der Waals surface area contributed by atoms with Crippen molar-refractivity contribution in [3.63, 3.8) is 0 Å². The van der Waals surface area contributed by atoms with Crippen LogP contribution in [-0.4, -0.2) is 30.8 Å². The van der Waals surface area contributed by atoms with Crippen LogP contribution in [0.2, 0.25) is 0 Å². The zero-order valence-electron chi connectivity index (χ0n) is 17.6. The molecule has 160 valence electrons. The van der Waals surface area contributed by atoms with Gasteiger partial charge in [-0.15, -0.1) is 24.0 Å². The SMILES string of the molecule is CCNC(=NCc1cccc(O)c1)NC(C)c1ccc(OCC)c(OCC)c1.I. The van der Waals surface area contributed by atoms with E-state index in [9.17, 15) is 5.11 Å². The summed E-state index contributed by atoms with van der Waals surface area (Å²) >= 11 is 0. The standard InChI is InChI=1S/C22H31N3O3.HI/c1-5-23-22(24-15-17-9-8-10-19(26)13-17)25-16(4)18-11-12-20(27-6-2)21(14-18)28-7-3;/h8-14,16,26H,5-7,15H2,1-4H3,(H2,23,24,25);1H. The van der Waals surface area contributed by atoms with Crippen LogP contribution in [0.5, 0.6) is 17.2 Å². The van der Waals surface area contributed by atoms with Crippen LogP contribution >= 0.6 is 24.0 Å². The average Bonchev–Trinajstić information content (AvgIpc) is 2.68. The van der Waals surface area contributed by atoms with Crippen molar-refractivity contribution < 1.29 is 14.6 Å². The summed E-state index contributed by atoms with van der Waals surface area (Å²) in [7, 11) is 0. The molecule has 0 spiro atoms. The van der Waals surface area contributed by atoms with Gasteiger partial charge in [0.25, 0.3) is 0 Å². The minimum absolute atomic E-state index is 0. The van der Waals surface area contributed by atoms with E-state index >= 15 is 0 Å². The van der Waals surface area contributed by atoms with Crippen LogP contribution in [-0.2, 0) is 6.54 Å². The van der Waals surface area contributed by atoms with Crippen molar-refractivity contribution in [2.45, 2.75) is 40.3 Å². The van der Waals surface area contributed by atoms with E-state index in [1.807, 2.05) is 51.1 Å². The zero-order chi connectivity index (χ0) is 20.4. The molecule has 1 atom stereocenters. The van der Waals surface area contributed by atoms with Gasteiger partial charge >= 0.3 is 0 Å². The Balaban J connectivity index is 0.00000420. The van der Waals surface area contributed by atoms with Crippen molar-refractivity contribution in [3.8, 4) is 17.2 Å². The van der Waals surface area contributed by atoms with Crippen LogP contribution in [0.1, 0.15) is 44.9 Å². The first-order valence-electron chi connectivity index (χ1n) is 9.79. The zero-order valence-corrected chi connectivity index (χ0v) is 19.9. The number of nitrogens with zero attached hydrogens (tertiary/aromatic N) is 1. The van der Waals surface area contributed by atoms with Gasteiger partial charge in [0.15, 0.2) is 17.5 Å². The normalized spacial score (nSPS) is 11.9. The molecule has 2 aromatic carbocycles. The Hall–Kier alpha value is -2.16. The van der Waals surface area contributed by atoms with E-state index in [1.165, 1.54) is 0 Å². The van der Waals surface area contributed by atoms with Gasteiger partial charge in [-0.3, -0.25) is 0 Å². The quantitative estimate of drug-likeness (QED) is 0.259. The van der Waals surface area contributed by atoms with E-state index in [0.717, 1.165) is 29.2 Å². The molecule has 2 rings (SSSR count). The van der Waals surface area contributed by atoms with Crippen molar-refractivity contribution in [2.24, 2.45) is 4.99 Å². The average molecular weight is 513 g/mol. The topological polar surface area (TPSA) is 75.1 Å². The van der Waals surface area contributed by atoms with E-state index in [4.69, 9.17) is 9.47 Å². The summed E-state index contributed by atoms with van der Waals surface area (Å²) in [5, 5.41) is 16.3. The van der Waals surface area contributed by atoms with Crippen LogP contribution in [0, 0.1) is 0 Å². The van der Waals surface area contributed by atoms with Crippen LogP contribution in [0.15, 0.2) is 47.5 Å². The molecule has 1 unspecified atom stereocenters. The maximum atomic E-state index is 9.60. The van der Waals surface area contributed by atoms with Gasteiger partial charge < -0.3 is 25.2 Å². The van der Waals surface area contributed by atoms with Crippen LogP contribution < -0.4 is 20.1 Å². The number of aromatic hydroxyl groups is 1. The molecule has 3 N–H and O–H groups in total. The number of hydrogen-bond acceptors (Lipinski definition) is 4. The van der Waals surface area contributed by atoms with Crippen molar-refractivity contribution in [1.82, 2.24) is 10.6 Å². The molecule has 0 aliphatic carbocycles. The Morgan fingerprint density at radius 2 is 1.76 bits per heavy atom. The van der Waals surface area contributed by atoms with Crippen molar-refractivity contribution in [1.29, 1.82) is 0 Å². The van der Waals surface area contributed by atoms with Crippen LogP contribution in [0.4, 0.5) is 0 Å². The number of benzene rings is 2. The van der Waals surface area contributed by atoms with Crippen LogP contribution in [0.3, 0.4) is 0 Å².